The number of nitrogens with one attached hydrogen (secondary N) is 1. The Morgan fingerprint density at radius 1 is 0.979 bits per heavy atom. The number of benzene rings is 3. The molecular formula is C34H37F3N6O3S. The lowest BCUT2D eigenvalue weighted by Gasteiger charge is -2.36. The number of halogens is 3. The number of hydrogen-bond donors (Lipinski definition) is 2. The number of fused-ring (bicyclic) bond motifs is 6. The Bertz CT molecular complexity index is 1990. The van der Waals surface area contributed by atoms with E-state index in [1.165, 1.54) is 12.1 Å². The maximum atomic E-state index is 16.7. The molecule has 13 heteroatoms. The smallest absolute Gasteiger partial charge is 0.319 e. The maximum absolute atomic E-state index is 16.7. The van der Waals surface area contributed by atoms with Gasteiger partial charge in [0.05, 0.1) is 12.2 Å². The van der Waals surface area contributed by atoms with Gasteiger partial charge in [0.2, 0.25) is 0 Å². The van der Waals surface area contributed by atoms with E-state index in [9.17, 15) is 9.32 Å². The molecular weight excluding hydrogens is 629 g/mol. The second-order valence-corrected chi connectivity index (χ2v) is 15.8. The molecule has 4 aliphatic heterocycles. The van der Waals surface area contributed by atoms with Gasteiger partial charge in [0.15, 0.2) is 17.4 Å². The molecule has 47 heavy (non-hydrogen) atoms. The van der Waals surface area contributed by atoms with Crippen LogP contribution in [0.2, 0.25) is 0 Å². The number of nitrogens with zero attached hydrogens (tertiary/aromatic N) is 5. The lowest BCUT2D eigenvalue weighted by Crippen LogP contribution is -2.51. The first kappa shape index (κ1) is 30.6. The van der Waals surface area contributed by atoms with Gasteiger partial charge in [-0.3, -0.25) is 4.90 Å². The summed E-state index contributed by atoms with van der Waals surface area (Å²) in [5, 5.41) is 14.8. The summed E-state index contributed by atoms with van der Waals surface area (Å²) in [5.74, 6) is -2.26. The number of hydrogen-bond acceptors (Lipinski definition) is 9. The van der Waals surface area contributed by atoms with Crippen molar-refractivity contribution in [2.24, 2.45) is 4.36 Å². The number of piperazine rings is 1. The van der Waals surface area contributed by atoms with E-state index >= 15 is 13.2 Å². The summed E-state index contributed by atoms with van der Waals surface area (Å²) in [7, 11) is -0.486. The van der Waals surface area contributed by atoms with Crippen molar-refractivity contribution in [3.8, 4) is 22.9 Å². The fourth-order valence-electron chi connectivity index (χ4n) is 8.18. The third kappa shape index (κ3) is 5.36. The van der Waals surface area contributed by atoms with Crippen molar-refractivity contribution in [2.45, 2.75) is 56.3 Å². The first-order valence-corrected chi connectivity index (χ1v) is 18.2. The summed E-state index contributed by atoms with van der Waals surface area (Å²) in [6.07, 6.45) is 4.68. The highest BCUT2D eigenvalue weighted by atomic mass is 32.2. The van der Waals surface area contributed by atoms with Crippen LogP contribution in [0, 0.1) is 17.5 Å². The number of phenolic OH excluding ortho intramolecular Hbond substituents is 1. The molecule has 4 aliphatic rings. The fraction of sp³-hybridized carbons (Fsp3) is 0.471. The van der Waals surface area contributed by atoms with Crippen molar-refractivity contribution in [3.05, 3.63) is 53.8 Å². The monoisotopic (exact) mass is 666 g/mol. The van der Waals surface area contributed by atoms with E-state index in [4.69, 9.17) is 9.72 Å². The fourth-order valence-corrected chi connectivity index (χ4v) is 10.5. The van der Waals surface area contributed by atoms with E-state index in [2.05, 4.69) is 19.6 Å². The first-order chi connectivity index (χ1) is 22.7. The highest BCUT2D eigenvalue weighted by Crippen LogP contribution is 2.42. The summed E-state index contributed by atoms with van der Waals surface area (Å²) in [4.78, 5) is 13.6. The van der Waals surface area contributed by atoms with Gasteiger partial charge in [0.25, 0.3) is 0 Å². The number of ether oxygens (including phenoxy) is 1. The molecule has 0 radical (unpaired) electrons. The largest absolute Gasteiger partial charge is 0.505 e. The third-order valence-electron chi connectivity index (χ3n) is 10.4. The number of anilines is 1. The molecule has 8 rings (SSSR count). The average Bonchev–Trinajstić information content (AvgIpc) is 3.53. The van der Waals surface area contributed by atoms with Gasteiger partial charge < -0.3 is 20.1 Å². The van der Waals surface area contributed by atoms with Gasteiger partial charge in [-0.15, -0.1) is 0 Å². The molecule has 4 bridgehead atoms. The Balaban J connectivity index is 1.15. The van der Waals surface area contributed by atoms with Gasteiger partial charge in [-0.1, -0.05) is 24.3 Å². The first-order valence-electron chi connectivity index (χ1n) is 16.3. The van der Waals surface area contributed by atoms with Crippen LogP contribution in [0.5, 0.6) is 11.8 Å². The molecule has 0 aliphatic carbocycles. The van der Waals surface area contributed by atoms with E-state index in [1.54, 1.807) is 31.3 Å². The molecule has 1 aromatic heterocycles. The summed E-state index contributed by atoms with van der Waals surface area (Å²) in [6.45, 7) is 2.25. The Labute approximate surface area is 271 Å². The molecule has 248 valence electrons. The molecule has 0 saturated carbocycles. The number of rotatable bonds is 7. The Hall–Kier alpha value is -3.68. The zero-order chi connectivity index (χ0) is 32.4. The number of aromatic nitrogens is 2. The minimum absolute atomic E-state index is 0.0366. The Morgan fingerprint density at radius 2 is 1.70 bits per heavy atom. The Morgan fingerprint density at radius 3 is 2.43 bits per heavy atom. The average molecular weight is 667 g/mol. The lowest BCUT2D eigenvalue weighted by atomic mass is 9.95. The van der Waals surface area contributed by atoms with Crippen LogP contribution in [-0.4, -0.2) is 93.1 Å². The molecule has 3 aromatic carbocycles. The summed E-state index contributed by atoms with van der Waals surface area (Å²) in [6, 6.07) is 9.89. The minimum Gasteiger partial charge on any atom is -0.505 e. The second-order valence-electron chi connectivity index (χ2n) is 13.2. The van der Waals surface area contributed by atoms with Gasteiger partial charge in [0.1, 0.15) is 17.2 Å². The SMILES string of the molecule is CN=S1(=O)CC2CCC(C1)N2CCCOc1nc(N2CC3CCC(C2)N3)c2cc(F)c(-c3c(F)c(O)cc4ccccc34)c(F)c2n1. The van der Waals surface area contributed by atoms with Crippen LogP contribution in [0.1, 0.15) is 32.1 Å². The summed E-state index contributed by atoms with van der Waals surface area (Å²) in [5.41, 5.74) is -1.14. The predicted molar refractivity (Wildman–Crippen MR) is 176 cm³/mol. The third-order valence-corrected chi connectivity index (χ3v) is 12.9. The van der Waals surface area contributed by atoms with Gasteiger partial charge in [-0.2, -0.15) is 9.97 Å². The highest BCUT2D eigenvalue weighted by molar-refractivity contribution is 7.93. The van der Waals surface area contributed by atoms with Crippen LogP contribution in [0.15, 0.2) is 40.8 Å². The molecule has 4 atom stereocenters. The molecule has 5 heterocycles. The van der Waals surface area contributed by atoms with Crippen LogP contribution in [0.3, 0.4) is 0 Å². The zero-order valence-electron chi connectivity index (χ0n) is 26.1. The molecule has 9 nitrogen and oxygen atoms in total. The van der Waals surface area contributed by atoms with Crippen molar-refractivity contribution in [2.75, 3.05) is 49.7 Å². The van der Waals surface area contributed by atoms with E-state index < -0.39 is 38.5 Å². The molecule has 4 unspecified atom stereocenters. The predicted octanol–water partition coefficient (Wildman–Crippen LogP) is 5.23. The van der Waals surface area contributed by atoms with Crippen LogP contribution >= 0.6 is 0 Å². The van der Waals surface area contributed by atoms with Gasteiger partial charge >= 0.3 is 6.01 Å². The van der Waals surface area contributed by atoms with Crippen molar-refractivity contribution in [3.63, 3.8) is 0 Å². The van der Waals surface area contributed by atoms with Crippen LogP contribution in [0.4, 0.5) is 19.0 Å². The van der Waals surface area contributed by atoms with Gasteiger partial charge in [0, 0.05) is 83.0 Å². The lowest BCUT2D eigenvalue weighted by molar-refractivity contribution is 0.185. The van der Waals surface area contributed by atoms with E-state index in [-0.39, 0.29) is 58.6 Å². The van der Waals surface area contributed by atoms with Gasteiger partial charge in [-0.25, -0.2) is 21.7 Å². The summed E-state index contributed by atoms with van der Waals surface area (Å²) < 4.78 is 71.4. The van der Waals surface area contributed by atoms with Crippen LogP contribution < -0.4 is 15.0 Å². The topological polar surface area (TPSA) is 103 Å². The standard InChI is InChI=1S/C34H37F3N6O3S/c1-38-47(45)17-22-9-10-23(18-47)43(22)11-4-12-46-34-40-32-25(33(41-34)42-15-20-7-8-21(16-42)39-20)14-26(35)29(31(32)37)28-24-6-3-2-5-19(24)13-27(44)30(28)36/h2-3,5-6,13-14,20-23,39,44H,4,7-12,15-18H2,1H3. The highest BCUT2D eigenvalue weighted by Gasteiger charge is 2.41. The zero-order valence-corrected chi connectivity index (χ0v) is 26.9. The van der Waals surface area contributed by atoms with Crippen molar-refractivity contribution >= 4 is 37.2 Å². The van der Waals surface area contributed by atoms with Gasteiger partial charge in [-0.05, 0) is 55.0 Å². The number of aromatic hydroxyl groups is 1. The van der Waals surface area contributed by atoms with Crippen LogP contribution in [-0.2, 0) is 9.73 Å². The molecule has 0 spiro atoms. The molecule has 2 N–H and O–H groups in total. The summed E-state index contributed by atoms with van der Waals surface area (Å²) >= 11 is 0. The van der Waals surface area contributed by atoms with Crippen molar-refractivity contribution < 1.29 is 27.2 Å². The second kappa shape index (κ2) is 11.8. The maximum Gasteiger partial charge on any atom is 0.319 e. The van der Waals surface area contributed by atoms with E-state index in [1.807, 2.05) is 4.90 Å². The molecule has 4 saturated heterocycles. The van der Waals surface area contributed by atoms with E-state index in [0.717, 1.165) is 32.2 Å². The number of phenols is 1. The quantitative estimate of drug-likeness (QED) is 0.259. The van der Waals surface area contributed by atoms with E-state index in [0.29, 0.717) is 42.2 Å². The van der Waals surface area contributed by atoms with Crippen molar-refractivity contribution in [1.29, 1.82) is 0 Å². The molecule has 4 fully saturated rings. The Kier molecular flexibility index (Phi) is 7.68. The minimum atomic E-state index is -2.14. The van der Waals surface area contributed by atoms with Crippen molar-refractivity contribution in [1.82, 2.24) is 20.2 Å². The van der Waals surface area contributed by atoms with Crippen LogP contribution in [0.25, 0.3) is 32.8 Å². The normalized spacial score (nSPS) is 27.2. The molecule has 4 aromatic rings. The molecule has 0 amide bonds.